The summed E-state index contributed by atoms with van der Waals surface area (Å²) in [6.45, 7) is 3.25. The summed E-state index contributed by atoms with van der Waals surface area (Å²) in [6.07, 6.45) is 5.34. The second-order valence-corrected chi connectivity index (χ2v) is 5.29. The van der Waals surface area contributed by atoms with E-state index in [1.54, 1.807) is 12.1 Å². The van der Waals surface area contributed by atoms with Crippen LogP contribution in [-0.2, 0) is 6.54 Å². The van der Waals surface area contributed by atoms with E-state index in [4.69, 9.17) is 0 Å². The van der Waals surface area contributed by atoms with Gasteiger partial charge < -0.3 is 5.32 Å². The van der Waals surface area contributed by atoms with Gasteiger partial charge in [-0.25, -0.2) is 0 Å². The van der Waals surface area contributed by atoms with E-state index in [9.17, 15) is 10.1 Å². The molecule has 2 rings (SSSR count). The van der Waals surface area contributed by atoms with Gasteiger partial charge in [-0.05, 0) is 31.4 Å². The summed E-state index contributed by atoms with van der Waals surface area (Å²) in [5, 5.41) is 13.0. The van der Waals surface area contributed by atoms with E-state index in [-0.39, 0.29) is 10.6 Å². The van der Waals surface area contributed by atoms with Gasteiger partial charge in [-0.2, -0.15) is 0 Å². The molecule has 1 fully saturated rings. The fourth-order valence-corrected chi connectivity index (χ4v) is 2.74. The molecule has 18 heavy (non-hydrogen) atoms. The van der Waals surface area contributed by atoms with E-state index in [2.05, 4.69) is 12.2 Å². The summed E-state index contributed by atoms with van der Waals surface area (Å²) >= 11 is 0. The lowest BCUT2D eigenvalue weighted by atomic mass is 9.86. The number of nitrogens with two attached hydrogens (primary N) is 1. The van der Waals surface area contributed by atoms with Crippen LogP contribution in [0.25, 0.3) is 0 Å². The predicted octanol–water partition coefficient (Wildman–Crippen LogP) is 2.24. The highest BCUT2D eigenvalue weighted by atomic mass is 16.6. The monoisotopic (exact) mass is 249 g/mol. The van der Waals surface area contributed by atoms with E-state index < -0.39 is 0 Å². The number of hydrogen-bond donors (Lipinski definition) is 1. The lowest BCUT2D eigenvalue weighted by Gasteiger charge is -2.26. The van der Waals surface area contributed by atoms with Crippen LogP contribution in [0.2, 0.25) is 0 Å². The molecule has 0 unspecified atom stereocenters. The number of rotatable bonds is 4. The quantitative estimate of drug-likeness (QED) is 0.657. The highest BCUT2D eigenvalue weighted by Gasteiger charge is 2.23. The maximum absolute atomic E-state index is 10.6. The molecule has 1 aromatic rings. The Labute approximate surface area is 108 Å². The van der Waals surface area contributed by atoms with Gasteiger partial charge in [0.1, 0.15) is 6.54 Å². The van der Waals surface area contributed by atoms with Crippen molar-refractivity contribution >= 4 is 5.69 Å². The molecule has 1 aromatic carbocycles. The predicted molar refractivity (Wildman–Crippen MR) is 70.1 cm³/mol. The zero-order valence-electron chi connectivity index (χ0n) is 10.8. The van der Waals surface area contributed by atoms with Crippen LogP contribution in [0.1, 0.15) is 38.2 Å². The number of benzene rings is 1. The number of nitro groups is 1. The zero-order chi connectivity index (χ0) is 13.0. The van der Waals surface area contributed by atoms with Crippen molar-refractivity contribution in [3.8, 4) is 0 Å². The first-order valence-electron chi connectivity index (χ1n) is 6.73. The second kappa shape index (κ2) is 5.96. The summed E-state index contributed by atoms with van der Waals surface area (Å²) < 4.78 is 0. The van der Waals surface area contributed by atoms with E-state index in [0.29, 0.717) is 6.04 Å². The molecule has 0 bridgehead atoms. The topological polar surface area (TPSA) is 59.8 Å². The van der Waals surface area contributed by atoms with E-state index in [1.165, 1.54) is 31.2 Å². The van der Waals surface area contributed by atoms with Gasteiger partial charge in [0.05, 0.1) is 11.0 Å². The number of non-ortho nitro benzene ring substituents is 1. The molecule has 1 saturated carbocycles. The van der Waals surface area contributed by atoms with Crippen molar-refractivity contribution < 1.29 is 10.2 Å². The van der Waals surface area contributed by atoms with Crippen LogP contribution >= 0.6 is 0 Å². The van der Waals surface area contributed by atoms with Gasteiger partial charge in [0, 0.05) is 23.6 Å². The molecule has 0 amide bonds. The van der Waals surface area contributed by atoms with Gasteiger partial charge in [0.15, 0.2) is 0 Å². The molecular formula is C14H21N2O2+. The SMILES string of the molecule is C[C@H]1CCCC[C@H]1[NH2+]Cc1ccc([N+](=O)[O-])cc1. The van der Waals surface area contributed by atoms with Gasteiger partial charge in [0.2, 0.25) is 0 Å². The number of hydrogen-bond acceptors (Lipinski definition) is 2. The van der Waals surface area contributed by atoms with Crippen LogP contribution in [-0.4, -0.2) is 11.0 Å². The molecule has 98 valence electrons. The van der Waals surface area contributed by atoms with Crippen LogP contribution in [0.3, 0.4) is 0 Å². The first-order chi connectivity index (χ1) is 8.66. The number of nitrogens with zero attached hydrogens (tertiary/aromatic N) is 1. The smallest absolute Gasteiger partial charge is 0.269 e. The molecule has 4 nitrogen and oxygen atoms in total. The molecule has 1 aliphatic carbocycles. The highest BCUT2D eigenvalue weighted by molar-refractivity contribution is 5.32. The Balaban J connectivity index is 1.87. The largest absolute Gasteiger partial charge is 0.340 e. The Morgan fingerprint density at radius 3 is 2.56 bits per heavy atom. The number of quaternary nitrogens is 1. The molecule has 2 atom stereocenters. The lowest BCUT2D eigenvalue weighted by Crippen LogP contribution is -2.90. The Hall–Kier alpha value is -1.42. The van der Waals surface area contributed by atoms with Crippen LogP contribution in [0.4, 0.5) is 5.69 Å². The first kappa shape index (κ1) is 13.0. The van der Waals surface area contributed by atoms with Gasteiger partial charge in [-0.15, -0.1) is 0 Å². The highest BCUT2D eigenvalue weighted by Crippen LogP contribution is 2.21. The molecule has 0 saturated heterocycles. The van der Waals surface area contributed by atoms with Crippen LogP contribution in [0, 0.1) is 16.0 Å². The standard InChI is InChI=1S/C14H20N2O2/c1-11-4-2-3-5-14(11)15-10-12-6-8-13(9-7-12)16(17)18/h6-9,11,14-15H,2-5,10H2,1H3/p+1/t11-,14+/m0/s1. The molecule has 0 aromatic heterocycles. The van der Waals surface area contributed by atoms with Crippen LogP contribution < -0.4 is 5.32 Å². The maximum Gasteiger partial charge on any atom is 0.269 e. The fraction of sp³-hybridized carbons (Fsp3) is 0.571. The molecule has 0 heterocycles. The molecule has 0 spiro atoms. The summed E-state index contributed by atoms with van der Waals surface area (Å²) in [5.41, 5.74) is 1.34. The normalized spacial score (nSPS) is 23.8. The third-order valence-corrected chi connectivity index (χ3v) is 3.98. The number of nitro benzene ring substituents is 1. The third-order valence-electron chi connectivity index (χ3n) is 3.98. The average Bonchev–Trinajstić information content (AvgIpc) is 2.38. The molecule has 2 N–H and O–H groups in total. The van der Waals surface area contributed by atoms with E-state index >= 15 is 0 Å². The Bertz CT molecular complexity index is 403. The Kier molecular flexibility index (Phi) is 4.31. The molecule has 1 aliphatic rings. The van der Waals surface area contributed by atoms with Gasteiger partial charge in [-0.3, -0.25) is 10.1 Å². The van der Waals surface area contributed by atoms with Gasteiger partial charge in [-0.1, -0.05) is 13.3 Å². The van der Waals surface area contributed by atoms with Crippen LogP contribution in [0.15, 0.2) is 24.3 Å². The van der Waals surface area contributed by atoms with E-state index in [0.717, 1.165) is 12.5 Å². The minimum Gasteiger partial charge on any atom is -0.340 e. The minimum atomic E-state index is -0.350. The van der Waals surface area contributed by atoms with E-state index in [1.807, 2.05) is 12.1 Å². The van der Waals surface area contributed by atoms with Crippen molar-refractivity contribution in [2.75, 3.05) is 0 Å². The Morgan fingerprint density at radius 2 is 1.94 bits per heavy atom. The van der Waals surface area contributed by atoms with Gasteiger partial charge >= 0.3 is 0 Å². The molecule has 4 heteroatoms. The third kappa shape index (κ3) is 3.29. The van der Waals surface area contributed by atoms with Crippen molar-refractivity contribution in [1.82, 2.24) is 0 Å². The first-order valence-corrected chi connectivity index (χ1v) is 6.73. The summed E-state index contributed by atoms with van der Waals surface area (Å²) in [4.78, 5) is 10.2. The fourth-order valence-electron chi connectivity index (χ4n) is 2.74. The van der Waals surface area contributed by atoms with Crippen LogP contribution in [0.5, 0.6) is 0 Å². The van der Waals surface area contributed by atoms with Crippen molar-refractivity contribution in [1.29, 1.82) is 0 Å². The van der Waals surface area contributed by atoms with Gasteiger partial charge in [0.25, 0.3) is 5.69 Å². The summed E-state index contributed by atoms with van der Waals surface area (Å²) in [5.74, 6) is 0.789. The Morgan fingerprint density at radius 1 is 1.28 bits per heavy atom. The zero-order valence-corrected chi connectivity index (χ0v) is 10.8. The lowest BCUT2D eigenvalue weighted by molar-refractivity contribution is -0.712. The summed E-state index contributed by atoms with van der Waals surface area (Å²) in [7, 11) is 0. The van der Waals surface area contributed by atoms with Crippen molar-refractivity contribution in [3.05, 3.63) is 39.9 Å². The van der Waals surface area contributed by atoms with Crippen molar-refractivity contribution in [2.45, 2.75) is 45.2 Å². The van der Waals surface area contributed by atoms with Crippen molar-refractivity contribution in [2.24, 2.45) is 5.92 Å². The summed E-state index contributed by atoms with van der Waals surface area (Å²) in [6, 6.07) is 7.62. The average molecular weight is 249 g/mol. The molecule has 0 radical (unpaired) electrons. The second-order valence-electron chi connectivity index (χ2n) is 5.29. The van der Waals surface area contributed by atoms with Crippen molar-refractivity contribution in [3.63, 3.8) is 0 Å². The minimum absolute atomic E-state index is 0.171. The molecular weight excluding hydrogens is 228 g/mol. The maximum atomic E-state index is 10.6. The molecule has 0 aliphatic heterocycles.